The average Bonchev–Trinajstić information content (AvgIpc) is 3.11. The van der Waals surface area contributed by atoms with Gasteiger partial charge in [-0.2, -0.15) is 4.72 Å². The lowest BCUT2D eigenvalue weighted by Gasteiger charge is -2.32. The zero-order chi connectivity index (χ0) is 20.4. The Balaban J connectivity index is 1.75. The Morgan fingerprint density at radius 3 is 2.21 bits per heavy atom. The van der Waals surface area contributed by atoms with Crippen LogP contribution in [0.1, 0.15) is 38.2 Å². The molecule has 0 unspecified atom stereocenters. The molecular formula is C20H22ClFN2O3S. The van der Waals surface area contributed by atoms with Gasteiger partial charge in [-0.15, -0.1) is 0 Å². The lowest BCUT2D eigenvalue weighted by atomic mass is 9.88. The van der Waals surface area contributed by atoms with E-state index in [0.29, 0.717) is 5.02 Å². The molecule has 2 aromatic rings. The molecule has 0 bridgehead atoms. The van der Waals surface area contributed by atoms with E-state index < -0.39 is 27.5 Å². The molecule has 150 valence electrons. The molecule has 3 rings (SSSR count). The minimum Gasteiger partial charge on any atom is -0.345 e. The molecular weight excluding hydrogens is 403 g/mol. The van der Waals surface area contributed by atoms with Crippen LogP contribution in [-0.4, -0.2) is 20.4 Å². The third-order valence-corrected chi connectivity index (χ3v) is 6.87. The Bertz CT molecular complexity index is 940. The average molecular weight is 425 g/mol. The van der Waals surface area contributed by atoms with Crippen molar-refractivity contribution in [2.45, 2.75) is 49.1 Å². The Labute approximate surface area is 169 Å². The van der Waals surface area contributed by atoms with Crippen LogP contribution in [0.4, 0.5) is 4.39 Å². The van der Waals surface area contributed by atoms with Crippen molar-refractivity contribution in [2.24, 2.45) is 0 Å². The number of halogens is 2. The molecule has 1 saturated carbocycles. The highest BCUT2D eigenvalue weighted by Gasteiger charge is 2.38. The van der Waals surface area contributed by atoms with Gasteiger partial charge < -0.3 is 5.32 Å². The van der Waals surface area contributed by atoms with Crippen LogP contribution in [0.3, 0.4) is 0 Å². The number of hydrogen-bond donors (Lipinski definition) is 2. The molecule has 2 N–H and O–H groups in total. The van der Waals surface area contributed by atoms with Crippen LogP contribution in [0.5, 0.6) is 0 Å². The number of sulfonamides is 1. The molecule has 0 aromatic heterocycles. The molecule has 1 aliphatic carbocycles. The standard InChI is InChI=1S/C20H22ClFN2O3S/c1-14(24-28(26,27)18-10-6-16(21)7-11-18)19(25)23-20(12-2-3-13-20)15-4-8-17(22)9-5-15/h4-11,14,24H,2-3,12-13H2,1H3,(H,23,25)/t14-/m0/s1. The van der Waals surface area contributed by atoms with E-state index in [1.807, 2.05) is 0 Å². The van der Waals surface area contributed by atoms with Crippen molar-refractivity contribution in [1.29, 1.82) is 0 Å². The fourth-order valence-corrected chi connectivity index (χ4v) is 4.87. The van der Waals surface area contributed by atoms with Gasteiger partial charge >= 0.3 is 0 Å². The van der Waals surface area contributed by atoms with Crippen molar-refractivity contribution < 1.29 is 17.6 Å². The normalized spacial score (nSPS) is 17.2. The van der Waals surface area contributed by atoms with E-state index in [1.54, 1.807) is 12.1 Å². The minimum absolute atomic E-state index is 0.0330. The maximum absolute atomic E-state index is 13.3. The second-order valence-electron chi connectivity index (χ2n) is 7.08. The first-order valence-electron chi connectivity index (χ1n) is 9.08. The van der Waals surface area contributed by atoms with Gasteiger partial charge in [0.15, 0.2) is 0 Å². The lowest BCUT2D eigenvalue weighted by Crippen LogP contribution is -2.52. The smallest absolute Gasteiger partial charge is 0.241 e. The molecule has 0 saturated heterocycles. The minimum atomic E-state index is -3.86. The summed E-state index contributed by atoms with van der Waals surface area (Å²) >= 11 is 5.79. The number of benzene rings is 2. The van der Waals surface area contributed by atoms with Gasteiger partial charge in [0, 0.05) is 5.02 Å². The number of carbonyl (C=O) groups excluding carboxylic acids is 1. The van der Waals surface area contributed by atoms with Gasteiger partial charge in [-0.25, -0.2) is 12.8 Å². The highest BCUT2D eigenvalue weighted by molar-refractivity contribution is 7.89. The molecule has 0 radical (unpaired) electrons. The van der Waals surface area contributed by atoms with Gasteiger partial charge in [0.1, 0.15) is 5.82 Å². The molecule has 2 aromatic carbocycles. The largest absolute Gasteiger partial charge is 0.345 e. The molecule has 5 nitrogen and oxygen atoms in total. The molecule has 1 aliphatic rings. The highest BCUT2D eigenvalue weighted by atomic mass is 35.5. The third-order valence-electron chi connectivity index (χ3n) is 5.07. The van der Waals surface area contributed by atoms with Gasteiger partial charge in [0.05, 0.1) is 16.5 Å². The van der Waals surface area contributed by atoms with Crippen LogP contribution >= 0.6 is 11.6 Å². The fourth-order valence-electron chi connectivity index (χ4n) is 3.55. The molecule has 1 atom stereocenters. The predicted molar refractivity (Wildman–Crippen MR) is 106 cm³/mol. The van der Waals surface area contributed by atoms with Gasteiger partial charge in [-0.3, -0.25) is 4.79 Å². The Kier molecular flexibility index (Phi) is 6.07. The maximum atomic E-state index is 13.3. The van der Waals surface area contributed by atoms with E-state index in [-0.39, 0.29) is 10.7 Å². The Hall–Kier alpha value is -1.96. The van der Waals surface area contributed by atoms with Gasteiger partial charge in [0.25, 0.3) is 0 Å². The van der Waals surface area contributed by atoms with Crippen LogP contribution < -0.4 is 10.0 Å². The number of amides is 1. The van der Waals surface area contributed by atoms with E-state index in [0.717, 1.165) is 31.2 Å². The van der Waals surface area contributed by atoms with Crippen molar-refractivity contribution >= 4 is 27.5 Å². The monoisotopic (exact) mass is 424 g/mol. The van der Waals surface area contributed by atoms with Gasteiger partial charge in [-0.1, -0.05) is 36.6 Å². The van der Waals surface area contributed by atoms with E-state index >= 15 is 0 Å². The van der Waals surface area contributed by atoms with Crippen LogP contribution in [0, 0.1) is 5.82 Å². The molecule has 1 amide bonds. The third kappa shape index (κ3) is 4.54. The van der Waals surface area contributed by atoms with Crippen LogP contribution in [0.2, 0.25) is 5.02 Å². The van der Waals surface area contributed by atoms with E-state index in [1.165, 1.54) is 43.3 Å². The summed E-state index contributed by atoms with van der Waals surface area (Å²) < 4.78 is 40.7. The van der Waals surface area contributed by atoms with E-state index in [4.69, 9.17) is 11.6 Å². The first kappa shape index (κ1) is 20.8. The fraction of sp³-hybridized carbons (Fsp3) is 0.350. The predicted octanol–water partition coefficient (Wildman–Crippen LogP) is 3.73. The van der Waals surface area contributed by atoms with Crippen LogP contribution in [-0.2, 0) is 20.4 Å². The molecule has 0 spiro atoms. The first-order chi connectivity index (χ1) is 13.2. The Morgan fingerprint density at radius 1 is 1.07 bits per heavy atom. The summed E-state index contributed by atoms with van der Waals surface area (Å²) in [7, 11) is -3.86. The molecule has 8 heteroatoms. The van der Waals surface area contributed by atoms with Crippen molar-refractivity contribution in [2.75, 3.05) is 0 Å². The summed E-state index contributed by atoms with van der Waals surface area (Å²) in [6, 6.07) is 10.8. The van der Waals surface area contributed by atoms with Crippen LogP contribution in [0.25, 0.3) is 0 Å². The zero-order valence-corrected chi connectivity index (χ0v) is 17.0. The van der Waals surface area contributed by atoms with Crippen molar-refractivity contribution in [1.82, 2.24) is 10.0 Å². The zero-order valence-electron chi connectivity index (χ0n) is 15.4. The highest BCUT2D eigenvalue weighted by Crippen LogP contribution is 2.38. The SMILES string of the molecule is C[C@H](NS(=O)(=O)c1ccc(Cl)cc1)C(=O)NC1(c2ccc(F)cc2)CCCC1. The van der Waals surface area contributed by atoms with E-state index in [9.17, 15) is 17.6 Å². The summed E-state index contributed by atoms with van der Waals surface area (Å²) in [5, 5.41) is 3.42. The lowest BCUT2D eigenvalue weighted by molar-refractivity contribution is -0.124. The second kappa shape index (κ2) is 8.19. The summed E-state index contributed by atoms with van der Waals surface area (Å²) in [5.41, 5.74) is 0.220. The second-order valence-corrected chi connectivity index (χ2v) is 9.23. The molecule has 0 heterocycles. The maximum Gasteiger partial charge on any atom is 0.241 e. The quantitative estimate of drug-likeness (QED) is 0.741. The first-order valence-corrected chi connectivity index (χ1v) is 10.9. The number of rotatable bonds is 6. The summed E-state index contributed by atoms with van der Waals surface area (Å²) in [5.74, 6) is -0.768. The number of nitrogens with one attached hydrogen (secondary N) is 2. The summed E-state index contributed by atoms with van der Waals surface area (Å²) in [6.45, 7) is 1.50. The molecule has 0 aliphatic heterocycles. The molecule has 28 heavy (non-hydrogen) atoms. The van der Waals surface area contributed by atoms with Crippen LogP contribution in [0.15, 0.2) is 53.4 Å². The topological polar surface area (TPSA) is 75.3 Å². The molecule has 1 fully saturated rings. The van der Waals surface area contributed by atoms with E-state index in [2.05, 4.69) is 10.0 Å². The van der Waals surface area contributed by atoms with Crippen molar-refractivity contribution in [3.05, 3.63) is 64.9 Å². The number of hydrogen-bond acceptors (Lipinski definition) is 3. The van der Waals surface area contributed by atoms with Gasteiger partial charge in [0.2, 0.25) is 15.9 Å². The van der Waals surface area contributed by atoms with Gasteiger partial charge in [-0.05, 0) is 61.7 Å². The summed E-state index contributed by atoms with van der Waals surface area (Å²) in [6.07, 6.45) is 3.31. The summed E-state index contributed by atoms with van der Waals surface area (Å²) in [4.78, 5) is 12.8. The Morgan fingerprint density at radius 2 is 1.64 bits per heavy atom. The van der Waals surface area contributed by atoms with Crippen molar-refractivity contribution in [3.63, 3.8) is 0 Å². The van der Waals surface area contributed by atoms with Crippen molar-refractivity contribution in [3.8, 4) is 0 Å². The number of carbonyl (C=O) groups is 1.